The number of aliphatic carboxylic acids is 1. The third-order valence-corrected chi connectivity index (χ3v) is 4.77. The molecule has 2 atom stereocenters. The van der Waals surface area contributed by atoms with Gasteiger partial charge in [-0.2, -0.15) is 0 Å². The second kappa shape index (κ2) is 8.22. The molecule has 2 aromatic rings. The fourth-order valence-corrected chi connectivity index (χ4v) is 3.65. The van der Waals surface area contributed by atoms with Gasteiger partial charge in [-0.25, -0.2) is 4.79 Å². The highest BCUT2D eigenvalue weighted by molar-refractivity contribution is 5.92. The summed E-state index contributed by atoms with van der Waals surface area (Å²) in [4.78, 5) is 27.5. The van der Waals surface area contributed by atoms with Crippen LogP contribution < -0.4 is 0 Å². The van der Waals surface area contributed by atoms with Crippen LogP contribution in [0.15, 0.2) is 53.2 Å². The predicted molar refractivity (Wildman–Crippen MR) is 102 cm³/mol. The minimum atomic E-state index is -0.955. The van der Waals surface area contributed by atoms with E-state index in [0.29, 0.717) is 5.76 Å². The Kier molecular flexibility index (Phi) is 5.76. The maximum absolute atomic E-state index is 12.7. The van der Waals surface area contributed by atoms with Crippen molar-refractivity contribution in [2.24, 2.45) is 0 Å². The van der Waals surface area contributed by atoms with E-state index in [9.17, 15) is 9.59 Å². The van der Waals surface area contributed by atoms with Gasteiger partial charge in [0.2, 0.25) is 0 Å². The number of hydrogen-bond acceptors (Lipinski definition) is 4. The number of carboxylic acid groups (broad SMARTS) is 1. The van der Waals surface area contributed by atoms with Gasteiger partial charge in [-0.15, -0.1) is 0 Å². The van der Waals surface area contributed by atoms with E-state index in [1.807, 2.05) is 29.2 Å². The minimum Gasteiger partial charge on any atom is -0.478 e. The minimum absolute atomic E-state index is 0.0609. The molecule has 1 saturated heterocycles. The summed E-state index contributed by atoms with van der Waals surface area (Å²) in [5.41, 5.74) is 2.02. The van der Waals surface area contributed by atoms with Crippen LogP contribution in [0.3, 0.4) is 0 Å². The van der Waals surface area contributed by atoms with Gasteiger partial charge in [0.1, 0.15) is 0 Å². The fourth-order valence-electron chi connectivity index (χ4n) is 3.65. The average molecular weight is 368 g/mol. The first kappa shape index (κ1) is 18.9. The molecule has 0 aliphatic carbocycles. The van der Waals surface area contributed by atoms with E-state index < -0.39 is 5.97 Å². The number of rotatable bonds is 5. The lowest BCUT2D eigenvalue weighted by Gasteiger charge is -2.44. The normalized spacial score (nSPS) is 20.9. The number of amides is 1. The molecule has 2 heterocycles. The van der Waals surface area contributed by atoms with Crippen molar-refractivity contribution in [3.8, 4) is 0 Å². The van der Waals surface area contributed by atoms with E-state index >= 15 is 0 Å². The van der Waals surface area contributed by atoms with Crippen LogP contribution in [0.2, 0.25) is 0 Å². The van der Waals surface area contributed by atoms with Gasteiger partial charge in [0.15, 0.2) is 5.76 Å². The quantitative estimate of drug-likeness (QED) is 0.821. The SMILES string of the molecule is C[C@@H]1CN(Cc2ccc(/C=C/C(=O)O)cc2)C[C@H](C)N1C(=O)c1ccco1. The Hall–Kier alpha value is -2.86. The molecule has 1 aromatic carbocycles. The Morgan fingerprint density at radius 2 is 1.81 bits per heavy atom. The smallest absolute Gasteiger partial charge is 0.328 e. The maximum Gasteiger partial charge on any atom is 0.328 e. The van der Waals surface area contributed by atoms with E-state index in [1.54, 1.807) is 18.2 Å². The highest BCUT2D eigenvalue weighted by Crippen LogP contribution is 2.21. The molecule has 0 radical (unpaired) electrons. The van der Waals surface area contributed by atoms with Gasteiger partial charge >= 0.3 is 5.97 Å². The molecule has 1 aliphatic heterocycles. The zero-order chi connectivity index (χ0) is 19.4. The first-order valence-corrected chi connectivity index (χ1v) is 9.02. The van der Waals surface area contributed by atoms with Gasteiger partial charge in [0.25, 0.3) is 5.91 Å². The van der Waals surface area contributed by atoms with Gasteiger partial charge in [-0.05, 0) is 43.2 Å². The molecule has 142 valence electrons. The van der Waals surface area contributed by atoms with Crippen molar-refractivity contribution in [3.63, 3.8) is 0 Å². The summed E-state index contributed by atoms with van der Waals surface area (Å²) in [6.45, 7) is 6.49. The number of piperazine rings is 1. The predicted octanol–water partition coefficient (Wildman–Crippen LogP) is 3.11. The zero-order valence-electron chi connectivity index (χ0n) is 15.5. The molecule has 0 unspecified atom stereocenters. The van der Waals surface area contributed by atoms with E-state index in [1.165, 1.54) is 6.26 Å². The first-order valence-electron chi connectivity index (χ1n) is 9.02. The third-order valence-electron chi connectivity index (χ3n) is 4.77. The third kappa shape index (κ3) is 4.65. The van der Waals surface area contributed by atoms with Crippen molar-refractivity contribution in [1.29, 1.82) is 0 Å². The van der Waals surface area contributed by atoms with Gasteiger partial charge in [0, 0.05) is 37.8 Å². The largest absolute Gasteiger partial charge is 0.478 e. The van der Waals surface area contributed by atoms with Crippen molar-refractivity contribution in [2.45, 2.75) is 32.5 Å². The summed E-state index contributed by atoms with van der Waals surface area (Å²) in [5, 5.41) is 8.69. The van der Waals surface area contributed by atoms with Crippen LogP contribution in [0.1, 0.15) is 35.5 Å². The van der Waals surface area contributed by atoms with Crippen molar-refractivity contribution in [2.75, 3.05) is 13.1 Å². The molecule has 0 bridgehead atoms. The molecule has 0 spiro atoms. The Morgan fingerprint density at radius 3 is 2.37 bits per heavy atom. The summed E-state index contributed by atoms with van der Waals surface area (Å²) in [7, 11) is 0. The number of benzene rings is 1. The maximum atomic E-state index is 12.7. The van der Waals surface area contributed by atoms with Gasteiger partial charge in [-0.3, -0.25) is 9.69 Å². The second-order valence-electron chi connectivity index (χ2n) is 7.00. The Bertz CT molecular complexity index is 799. The molecule has 1 aromatic heterocycles. The number of carbonyl (C=O) groups is 2. The summed E-state index contributed by atoms with van der Waals surface area (Å²) in [6, 6.07) is 11.5. The topological polar surface area (TPSA) is 74.0 Å². The number of carbonyl (C=O) groups excluding carboxylic acids is 1. The molecule has 1 amide bonds. The molecule has 1 aliphatic rings. The monoisotopic (exact) mass is 368 g/mol. The summed E-state index contributed by atoms with van der Waals surface area (Å²) >= 11 is 0. The van der Waals surface area contributed by atoms with Crippen LogP contribution in [0, 0.1) is 0 Å². The summed E-state index contributed by atoms with van der Waals surface area (Å²) < 4.78 is 5.27. The van der Waals surface area contributed by atoms with E-state index in [4.69, 9.17) is 9.52 Å². The molecule has 6 nitrogen and oxygen atoms in total. The molecule has 27 heavy (non-hydrogen) atoms. The zero-order valence-corrected chi connectivity index (χ0v) is 15.5. The molecule has 1 N–H and O–H groups in total. The van der Waals surface area contributed by atoms with E-state index in [2.05, 4.69) is 18.7 Å². The second-order valence-corrected chi connectivity index (χ2v) is 7.00. The van der Waals surface area contributed by atoms with Crippen LogP contribution in [0.5, 0.6) is 0 Å². The fraction of sp³-hybridized carbons (Fsp3) is 0.333. The highest BCUT2D eigenvalue weighted by Gasteiger charge is 2.34. The molecule has 6 heteroatoms. The van der Waals surface area contributed by atoms with Crippen molar-refractivity contribution >= 4 is 18.0 Å². The van der Waals surface area contributed by atoms with E-state index in [0.717, 1.165) is 36.8 Å². The lowest BCUT2D eigenvalue weighted by Crippen LogP contribution is -2.58. The lowest BCUT2D eigenvalue weighted by atomic mass is 10.1. The van der Waals surface area contributed by atoms with E-state index in [-0.39, 0.29) is 18.0 Å². The summed E-state index contributed by atoms with van der Waals surface area (Å²) in [6.07, 6.45) is 4.23. The van der Waals surface area contributed by atoms with Gasteiger partial charge in [-0.1, -0.05) is 24.3 Å². The lowest BCUT2D eigenvalue weighted by molar-refractivity contribution is -0.131. The van der Waals surface area contributed by atoms with Crippen LogP contribution >= 0.6 is 0 Å². The Labute approximate surface area is 158 Å². The Morgan fingerprint density at radius 1 is 1.15 bits per heavy atom. The number of furan rings is 1. The van der Waals surface area contributed by atoms with Crippen molar-refractivity contribution in [3.05, 3.63) is 65.6 Å². The van der Waals surface area contributed by atoms with Crippen LogP contribution in [-0.2, 0) is 11.3 Å². The molecule has 3 rings (SSSR count). The van der Waals surface area contributed by atoms with Gasteiger partial charge < -0.3 is 14.4 Å². The Balaban J connectivity index is 1.62. The number of carboxylic acids is 1. The molecular weight excluding hydrogens is 344 g/mol. The summed E-state index contributed by atoms with van der Waals surface area (Å²) in [5.74, 6) is -0.634. The average Bonchev–Trinajstić information content (AvgIpc) is 3.15. The van der Waals surface area contributed by atoms with Crippen molar-refractivity contribution < 1.29 is 19.1 Å². The highest BCUT2D eigenvalue weighted by atomic mass is 16.4. The molecule has 1 fully saturated rings. The van der Waals surface area contributed by atoms with Crippen molar-refractivity contribution in [1.82, 2.24) is 9.80 Å². The number of hydrogen-bond donors (Lipinski definition) is 1. The van der Waals surface area contributed by atoms with Crippen LogP contribution in [0.25, 0.3) is 6.08 Å². The first-order chi connectivity index (χ1) is 12.9. The van der Waals surface area contributed by atoms with Gasteiger partial charge in [0.05, 0.1) is 6.26 Å². The molecule has 0 saturated carbocycles. The molecular formula is C21H24N2O4. The van der Waals surface area contributed by atoms with Crippen LogP contribution in [0.4, 0.5) is 0 Å². The standard InChI is InChI=1S/C21H24N2O4/c1-15-12-22(13-16(2)23(15)21(26)19-4-3-11-27-19)14-18-7-5-17(6-8-18)9-10-20(24)25/h3-11,15-16H,12-14H2,1-2H3,(H,24,25)/b10-9+/t15-,16+. The van der Waals surface area contributed by atoms with Crippen LogP contribution in [-0.4, -0.2) is 52.0 Å². The number of nitrogens with zero attached hydrogens (tertiary/aromatic N) is 2.